The molecule has 7 nitrogen and oxygen atoms in total. The molecule has 2 aromatic rings. The second-order valence-corrected chi connectivity index (χ2v) is 12.7. The summed E-state index contributed by atoms with van der Waals surface area (Å²) in [7, 11) is 0. The zero-order valence-corrected chi connectivity index (χ0v) is 29.8. The Hall–Kier alpha value is -3.16. The summed E-state index contributed by atoms with van der Waals surface area (Å²) in [6.45, 7) is 5.35. The van der Waals surface area contributed by atoms with Gasteiger partial charge in [-0.2, -0.15) is 0 Å². The van der Waals surface area contributed by atoms with Crippen molar-refractivity contribution < 1.29 is 33.6 Å². The van der Waals surface area contributed by atoms with Crippen molar-refractivity contribution in [2.75, 3.05) is 19.8 Å². The zero-order valence-electron chi connectivity index (χ0n) is 29.8. The van der Waals surface area contributed by atoms with E-state index in [4.69, 9.17) is 18.9 Å². The van der Waals surface area contributed by atoms with Gasteiger partial charge in [0.05, 0.1) is 24.9 Å². The van der Waals surface area contributed by atoms with E-state index in [1.807, 2.05) is 30.3 Å². The maximum Gasteiger partial charge on any atom is 0.338 e. The van der Waals surface area contributed by atoms with Crippen LogP contribution in [0.25, 0.3) is 0 Å². The van der Waals surface area contributed by atoms with Crippen molar-refractivity contribution in [3.63, 3.8) is 0 Å². The highest BCUT2D eigenvalue weighted by molar-refractivity contribution is 5.89. The van der Waals surface area contributed by atoms with Gasteiger partial charge in [-0.3, -0.25) is 4.79 Å². The van der Waals surface area contributed by atoms with Gasteiger partial charge in [0.15, 0.2) is 0 Å². The first-order valence-electron chi connectivity index (χ1n) is 18.6. The number of rotatable bonds is 29. The summed E-state index contributed by atoms with van der Waals surface area (Å²) < 4.78 is 22.9. The van der Waals surface area contributed by atoms with Gasteiger partial charge in [-0.05, 0) is 68.4 Å². The van der Waals surface area contributed by atoms with Crippen LogP contribution in [-0.2, 0) is 25.6 Å². The lowest BCUT2D eigenvalue weighted by Crippen LogP contribution is -2.28. The van der Waals surface area contributed by atoms with E-state index in [9.17, 15) is 14.7 Å². The number of ether oxygens (including phenoxy) is 4. The number of unbranched alkanes of at least 4 members (excludes halogenated alkanes) is 11. The molecule has 0 aliphatic carbocycles. The molecule has 1 N–H and O–H groups in total. The van der Waals surface area contributed by atoms with Gasteiger partial charge in [0.25, 0.3) is 0 Å². The highest BCUT2D eigenvalue weighted by atomic mass is 16.6. The van der Waals surface area contributed by atoms with E-state index >= 15 is 0 Å². The van der Waals surface area contributed by atoms with Crippen LogP contribution in [0.15, 0.2) is 66.7 Å². The third-order valence-corrected chi connectivity index (χ3v) is 8.23. The molecule has 0 saturated carbocycles. The van der Waals surface area contributed by atoms with E-state index in [1.165, 1.54) is 32.1 Å². The maximum absolute atomic E-state index is 12.7. The fourth-order valence-corrected chi connectivity index (χ4v) is 5.21. The molecule has 0 heterocycles. The van der Waals surface area contributed by atoms with E-state index in [0.717, 1.165) is 81.9 Å². The van der Waals surface area contributed by atoms with Gasteiger partial charge >= 0.3 is 11.9 Å². The Kier molecular flexibility index (Phi) is 23.7. The van der Waals surface area contributed by atoms with Crippen molar-refractivity contribution >= 4 is 11.9 Å². The van der Waals surface area contributed by atoms with Crippen LogP contribution < -0.4 is 4.74 Å². The molecule has 7 heteroatoms. The molecular weight excluding hydrogens is 604 g/mol. The van der Waals surface area contributed by atoms with Crippen molar-refractivity contribution in [3.8, 4) is 5.75 Å². The van der Waals surface area contributed by atoms with Crippen molar-refractivity contribution in [1.82, 2.24) is 0 Å². The predicted molar refractivity (Wildman–Crippen MR) is 193 cm³/mol. The Balaban J connectivity index is 1.65. The second-order valence-electron chi connectivity index (χ2n) is 12.7. The summed E-state index contributed by atoms with van der Waals surface area (Å²) in [5, 5.41) is 10.1. The average Bonchev–Trinajstić information content (AvgIpc) is 3.11. The molecule has 0 spiro atoms. The molecule has 0 fully saturated rings. The van der Waals surface area contributed by atoms with Crippen molar-refractivity contribution in [3.05, 3.63) is 77.9 Å². The minimum atomic E-state index is -0.584. The van der Waals surface area contributed by atoms with Crippen molar-refractivity contribution in [2.45, 2.75) is 142 Å². The predicted octanol–water partition coefficient (Wildman–Crippen LogP) is 9.94. The van der Waals surface area contributed by atoms with Gasteiger partial charge in [-0.25, -0.2) is 4.79 Å². The van der Waals surface area contributed by atoms with Crippen LogP contribution in [0.3, 0.4) is 0 Å². The van der Waals surface area contributed by atoms with Crippen LogP contribution in [0.2, 0.25) is 0 Å². The van der Waals surface area contributed by atoms with Crippen LogP contribution in [-0.4, -0.2) is 49.1 Å². The number of allylic oxidation sites excluding steroid dienone is 1. The van der Waals surface area contributed by atoms with Crippen LogP contribution in [0, 0.1) is 0 Å². The third kappa shape index (κ3) is 20.9. The summed E-state index contributed by atoms with van der Waals surface area (Å²) in [6.07, 6.45) is 20.9. The quantitative estimate of drug-likeness (QED) is 0.0525. The number of carbonyl (C=O) groups is 2. The maximum atomic E-state index is 12.7. The highest BCUT2D eigenvalue weighted by Crippen LogP contribution is 2.15. The lowest BCUT2D eigenvalue weighted by molar-refractivity contribution is -0.149. The smallest absolute Gasteiger partial charge is 0.338 e. The molecular formula is C41H62O7. The van der Waals surface area contributed by atoms with Gasteiger partial charge in [0, 0.05) is 6.42 Å². The number of benzene rings is 2. The Morgan fingerprint density at radius 1 is 0.729 bits per heavy atom. The van der Waals surface area contributed by atoms with Crippen LogP contribution in [0.1, 0.15) is 139 Å². The number of hydrogen-bond acceptors (Lipinski definition) is 7. The summed E-state index contributed by atoms with van der Waals surface area (Å²) in [4.78, 5) is 25.2. The second kappa shape index (κ2) is 27.8. The van der Waals surface area contributed by atoms with Crippen LogP contribution in [0.5, 0.6) is 5.75 Å². The third-order valence-electron chi connectivity index (χ3n) is 8.23. The molecule has 0 aliphatic heterocycles. The highest BCUT2D eigenvalue weighted by Gasteiger charge is 2.17. The Morgan fingerprint density at radius 3 is 2.15 bits per heavy atom. The fourth-order valence-electron chi connectivity index (χ4n) is 5.21. The van der Waals surface area contributed by atoms with Crippen molar-refractivity contribution in [1.29, 1.82) is 0 Å². The molecule has 0 unspecified atom stereocenters. The molecule has 0 saturated heterocycles. The summed E-state index contributed by atoms with van der Waals surface area (Å²) >= 11 is 0. The molecule has 2 atom stereocenters. The summed E-state index contributed by atoms with van der Waals surface area (Å²) in [5.41, 5.74) is 1.41. The zero-order chi connectivity index (χ0) is 34.5. The molecule has 2 rings (SSSR count). The molecule has 2 aromatic carbocycles. The first kappa shape index (κ1) is 41.0. The normalized spacial score (nSPS) is 12.6. The summed E-state index contributed by atoms with van der Waals surface area (Å²) in [6, 6.07) is 16.7. The molecule has 0 aromatic heterocycles. The standard InChI is InChI=1S/C41H62O7/c1-3-5-7-18-24-37(42)25-19-13-11-9-10-12-14-20-26-40(43)47-33-39(46-32-35-22-16-15-17-23-35)34-48-41(44)36-27-29-38(30-28-36)45-31-21-8-6-4-2/h13,15-17,19,22-23,27-30,37,39,42H,3-12,14,18,20-21,24-26,31-34H2,1-2H3/b19-13-/t37-,39+/m1/s1. The van der Waals surface area contributed by atoms with E-state index in [1.54, 1.807) is 24.3 Å². The number of esters is 2. The monoisotopic (exact) mass is 666 g/mol. The van der Waals surface area contributed by atoms with E-state index in [-0.39, 0.29) is 25.3 Å². The van der Waals surface area contributed by atoms with E-state index < -0.39 is 12.1 Å². The van der Waals surface area contributed by atoms with Gasteiger partial charge in [0.1, 0.15) is 25.1 Å². The number of aliphatic hydroxyl groups excluding tert-OH is 1. The van der Waals surface area contributed by atoms with Crippen LogP contribution >= 0.6 is 0 Å². The Bertz CT molecular complexity index is 1100. The number of hydrogen-bond donors (Lipinski definition) is 1. The molecule has 0 amide bonds. The molecule has 48 heavy (non-hydrogen) atoms. The van der Waals surface area contributed by atoms with Gasteiger partial charge in [-0.15, -0.1) is 0 Å². The number of aliphatic hydroxyl groups is 1. The minimum Gasteiger partial charge on any atom is -0.494 e. The Morgan fingerprint density at radius 2 is 1.40 bits per heavy atom. The SMILES string of the molecule is CCCCCCOc1ccc(C(=O)OC[C@H](COC(=O)CCCCCCC/C=C\C[C@H](O)CCCCCC)OCc2ccccc2)cc1. The lowest BCUT2D eigenvalue weighted by Gasteiger charge is -2.18. The lowest BCUT2D eigenvalue weighted by atomic mass is 10.1. The largest absolute Gasteiger partial charge is 0.494 e. The van der Waals surface area contributed by atoms with E-state index in [2.05, 4.69) is 26.0 Å². The topological polar surface area (TPSA) is 91.3 Å². The minimum absolute atomic E-state index is 0.0174. The molecule has 0 radical (unpaired) electrons. The Labute approximate surface area is 290 Å². The van der Waals surface area contributed by atoms with Gasteiger partial charge in [-0.1, -0.05) is 121 Å². The summed E-state index contributed by atoms with van der Waals surface area (Å²) in [5.74, 6) is -0.00192. The van der Waals surface area contributed by atoms with Gasteiger partial charge in [0.2, 0.25) is 0 Å². The first-order chi connectivity index (χ1) is 23.5. The fraction of sp³-hybridized carbons (Fsp3) is 0.610. The molecule has 268 valence electrons. The van der Waals surface area contributed by atoms with Gasteiger partial charge < -0.3 is 24.1 Å². The first-order valence-corrected chi connectivity index (χ1v) is 18.6. The molecule has 0 aliphatic rings. The molecule has 0 bridgehead atoms. The average molecular weight is 667 g/mol. The van der Waals surface area contributed by atoms with E-state index in [0.29, 0.717) is 25.2 Å². The van der Waals surface area contributed by atoms with Crippen LogP contribution in [0.4, 0.5) is 0 Å². The van der Waals surface area contributed by atoms with Crippen molar-refractivity contribution in [2.24, 2.45) is 0 Å². The number of carbonyl (C=O) groups excluding carboxylic acids is 2.